The number of methoxy groups -OCH3 is 1. The van der Waals surface area contributed by atoms with Crippen LogP contribution in [0.2, 0.25) is 0 Å². The van der Waals surface area contributed by atoms with Crippen molar-refractivity contribution in [2.24, 2.45) is 0 Å². The number of hydrogen-bond donors (Lipinski definition) is 1. The molecular weight excluding hydrogens is 276 g/mol. The van der Waals surface area contributed by atoms with Crippen LogP contribution >= 0.6 is 0 Å². The molecule has 1 aromatic carbocycles. The van der Waals surface area contributed by atoms with Gasteiger partial charge in [-0.1, -0.05) is 26.0 Å². The molecule has 0 saturated heterocycles. The zero-order valence-corrected chi connectivity index (χ0v) is 13.6. The highest BCUT2D eigenvalue weighted by Crippen LogP contribution is 2.27. The van der Waals surface area contributed by atoms with Crippen LogP contribution in [0.4, 0.5) is 0 Å². The van der Waals surface area contributed by atoms with E-state index in [9.17, 15) is 8.42 Å². The largest absolute Gasteiger partial charge is 0.496 e. The molecule has 0 aromatic heterocycles. The Bertz CT molecular complexity index is 539. The lowest BCUT2D eigenvalue weighted by molar-refractivity contribution is 0.407. The molecule has 114 valence electrons. The van der Waals surface area contributed by atoms with Gasteiger partial charge in [-0.05, 0) is 29.5 Å². The molecule has 0 atom stereocenters. The zero-order valence-electron chi connectivity index (χ0n) is 12.8. The summed E-state index contributed by atoms with van der Waals surface area (Å²) in [7, 11) is 1.32. The average Bonchev–Trinajstić information content (AvgIpc) is 2.38. The summed E-state index contributed by atoms with van der Waals surface area (Å²) in [5.74, 6) is 1.24. The molecule has 6 heteroatoms. The minimum absolute atomic E-state index is 0.364. The molecular formula is C14H24N2O3S. The summed E-state index contributed by atoms with van der Waals surface area (Å²) in [6.07, 6.45) is 0.650. The van der Waals surface area contributed by atoms with Gasteiger partial charge in [0.1, 0.15) is 5.75 Å². The molecule has 0 unspecified atom stereocenters. The van der Waals surface area contributed by atoms with Crippen molar-refractivity contribution in [2.75, 3.05) is 27.7 Å². The third-order valence-corrected chi connectivity index (χ3v) is 4.63. The van der Waals surface area contributed by atoms with E-state index in [-0.39, 0.29) is 0 Å². The lowest BCUT2D eigenvalue weighted by Crippen LogP contribution is -2.36. The third-order valence-electron chi connectivity index (χ3n) is 3.09. The van der Waals surface area contributed by atoms with Crippen LogP contribution in [0, 0.1) is 0 Å². The van der Waals surface area contributed by atoms with Crippen molar-refractivity contribution < 1.29 is 13.2 Å². The first-order valence-electron chi connectivity index (χ1n) is 6.62. The van der Waals surface area contributed by atoms with Crippen LogP contribution in [-0.2, 0) is 16.6 Å². The molecule has 0 aliphatic heterocycles. The molecule has 0 aliphatic carbocycles. The van der Waals surface area contributed by atoms with Gasteiger partial charge in [0.25, 0.3) is 10.2 Å². The SMILES string of the molecule is COc1ccc(CCNS(=O)(=O)N(C)C)cc1C(C)C. The van der Waals surface area contributed by atoms with Crippen molar-refractivity contribution in [2.45, 2.75) is 26.2 Å². The van der Waals surface area contributed by atoms with Crippen LogP contribution in [0.15, 0.2) is 18.2 Å². The van der Waals surface area contributed by atoms with E-state index in [1.54, 1.807) is 7.11 Å². The van der Waals surface area contributed by atoms with Crippen molar-refractivity contribution in [3.05, 3.63) is 29.3 Å². The van der Waals surface area contributed by atoms with Gasteiger partial charge in [-0.25, -0.2) is 4.72 Å². The quantitative estimate of drug-likeness (QED) is 0.834. The van der Waals surface area contributed by atoms with Crippen molar-refractivity contribution in [1.29, 1.82) is 0 Å². The molecule has 5 nitrogen and oxygen atoms in total. The summed E-state index contributed by atoms with van der Waals surface area (Å²) in [5, 5.41) is 0. The highest BCUT2D eigenvalue weighted by atomic mass is 32.2. The second-order valence-corrected chi connectivity index (χ2v) is 7.13. The van der Waals surface area contributed by atoms with Gasteiger partial charge in [0.15, 0.2) is 0 Å². The molecule has 0 fully saturated rings. The Labute approximate surface area is 122 Å². The molecule has 1 N–H and O–H groups in total. The molecule has 0 amide bonds. The molecule has 0 bridgehead atoms. The van der Waals surface area contributed by atoms with Crippen LogP contribution in [0.1, 0.15) is 30.9 Å². The summed E-state index contributed by atoms with van der Waals surface area (Å²) in [5.41, 5.74) is 2.23. The first-order valence-corrected chi connectivity index (χ1v) is 8.06. The Kier molecular flexibility index (Phi) is 5.98. The summed E-state index contributed by atoms with van der Waals surface area (Å²) in [6, 6.07) is 5.98. The van der Waals surface area contributed by atoms with Crippen LogP contribution in [-0.4, -0.2) is 40.5 Å². The van der Waals surface area contributed by atoms with Gasteiger partial charge in [-0.3, -0.25) is 0 Å². The summed E-state index contributed by atoms with van der Waals surface area (Å²) < 4.78 is 32.2. The second kappa shape index (κ2) is 7.06. The van der Waals surface area contributed by atoms with E-state index in [0.29, 0.717) is 18.9 Å². The predicted molar refractivity (Wildman–Crippen MR) is 81.4 cm³/mol. The monoisotopic (exact) mass is 300 g/mol. The van der Waals surface area contributed by atoms with Gasteiger partial charge in [-0.2, -0.15) is 12.7 Å². The van der Waals surface area contributed by atoms with Gasteiger partial charge in [0.2, 0.25) is 0 Å². The maximum Gasteiger partial charge on any atom is 0.278 e. The Morgan fingerprint density at radius 2 is 1.95 bits per heavy atom. The van der Waals surface area contributed by atoms with Gasteiger partial charge < -0.3 is 4.74 Å². The molecule has 0 saturated carbocycles. The molecule has 20 heavy (non-hydrogen) atoms. The Hall–Kier alpha value is -1.11. The van der Waals surface area contributed by atoms with Crippen LogP contribution in [0.5, 0.6) is 5.75 Å². The van der Waals surface area contributed by atoms with E-state index in [0.717, 1.165) is 16.9 Å². The zero-order chi connectivity index (χ0) is 15.3. The lowest BCUT2D eigenvalue weighted by Gasteiger charge is -2.15. The van der Waals surface area contributed by atoms with Crippen molar-refractivity contribution in [1.82, 2.24) is 9.03 Å². The van der Waals surface area contributed by atoms with Gasteiger partial charge in [0, 0.05) is 20.6 Å². The maximum atomic E-state index is 11.6. The molecule has 1 rings (SSSR count). The molecule has 0 aliphatic rings. The number of benzene rings is 1. The molecule has 0 heterocycles. The van der Waals surface area contributed by atoms with E-state index in [2.05, 4.69) is 24.6 Å². The fraction of sp³-hybridized carbons (Fsp3) is 0.571. The van der Waals surface area contributed by atoms with Crippen molar-refractivity contribution >= 4 is 10.2 Å². The third kappa shape index (κ3) is 4.47. The smallest absolute Gasteiger partial charge is 0.278 e. The Morgan fingerprint density at radius 1 is 1.30 bits per heavy atom. The van der Waals surface area contributed by atoms with E-state index < -0.39 is 10.2 Å². The maximum absolute atomic E-state index is 11.6. The average molecular weight is 300 g/mol. The van der Waals surface area contributed by atoms with E-state index >= 15 is 0 Å². The van der Waals surface area contributed by atoms with Crippen molar-refractivity contribution in [3.8, 4) is 5.75 Å². The van der Waals surface area contributed by atoms with Gasteiger partial charge >= 0.3 is 0 Å². The molecule has 1 aromatic rings. The topological polar surface area (TPSA) is 58.6 Å². The first-order chi connectivity index (χ1) is 9.27. The predicted octanol–water partition coefficient (Wildman–Crippen LogP) is 1.76. The van der Waals surface area contributed by atoms with Crippen LogP contribution in [0.25, 0.3) is 0 Å². The normalized spacial score (nSPS) is 12.2. The van der Waals surface area contributed by atoms with E-state index in [1.807, 2.05) is 12.1 Å². The highest BCUT2D eigenvalue weighted by molar-refractivity contribution is 7.87. The second-order valence-electron chi connectivity index (χ2n) is 5.16. The summed E-state index contributed by atoms with van der Waals surface area (Å²) >= 11 is 0. The minimum atomic E-state index is -3.35. The fourth-order valence-corrected chi connectivity index (χ4v) is 2.46. The van der Waals surface area contributed by atoms with Crippen LogP contribution < -0.4 is 9.46 Å². The minimum Gasteiger partial charge on any atom is -0.496 e. The standard InChI is InChI=1S/C14H24N2O3S/c1-11(2)13-10-12(6-7-14(13)19-5)8-9-15-20(17,18)16(3)4/h6-7,10-11,15H,8-9H2,1-5H3. The van der Waals surface area contributed by atoms with E-state index in [4.69, 9.17) is 4.74 Å². The van der Waals surface area contributed by atoms with Gasteiger partial charge in [-0.15, -0.1) is 0 Å². The summed E-state index contributed by atoms with van der Waals surface area (Å²) in [4.78, 5) is 0. The lowest BCUT2D eigenvalue weighted by atomic mass is 9.98. The molecule has 0 spiro atoms. The van der Waals surface area contributed by atoms with E-state index in [1.165, 1.54) is 18.4 Å². The number of nitrogens with one attached hydrogen (secondary N) is 1. The van der Waals surface area contributed by atoms with Crippen LogP contribution in [0.3, 0.4) is 0 Å². The molecule has 0 radical (unpaired) electrons. The summed E-state index contributed by atoms with van der Waals surface area (Å²) in [6.45, 7) is 4.59. The number of nitrogens with zero attached hydrogens (tertiary/aromatic N) is 1. The van der Waals surface area contributed by atoms with Gasteiger partial charge in [0.05, 0.1) is 7.11 Å². The Balaban J connectivity index is 2.73. The number of ether oxygens (including phenoxy) is 1. The number of hydrogen-bond acceptors (Lipinski definition) is 3. The highest BCUT2D eigenvalue weighted by Gasteiger charge is 2.12. The number of rotatable bonds is 7. The first kappa shape index (κ1) is 16.9. The van der Waals surface area contributed by atoms with Crippen molar-refractivity contribution in [3.63, 3.8) is 0 Å². The fourth-order valence-electron chi connectivity index (χ4n) is 1.84. The Morgan fingerprint density at radius 3 is 2.45 bits per heavy atom.